The molecule has 0 atom stereocenters. The Kier molecular flexibility index (Phi) is 8.61. The maximum absolute atomic E-state index is 12.3. The van der Waals surface area contributed by atoms with Gasteiger partial charge in [-0.3, -0.25) is 14.4 Å². The first kappa shape index (κ1) is 23.3. The third-order valence-corrected chi connectivity index (χ3v) is 5.61. The molecule has 1 saturated heterocycles. The molecule has 1 aliphatic rings. The Labute approximate surface area is 190 Å². The molecule has 1 fully saturated rings. The maximum Gasteiger partial charge on any atom is 0.321 e. The van der Waals surface area contributed by atoms with Gasteiger partial charge in [0.15, 0.2) is 6.61 Å². The minimum atomic E-state index is -0.482. The van der Waals surface area contributed by atoms with Crippen LogP contribution < -0.4 is 10.6 Å². The van der Waals surface area contributed by atoms with Crippen molar-refractivity contribution in [2.45, 2.75) is 12.8 Å². The van der Waals surface area contributed by atoms with Gasteiger partial charge >= 0.3 is 12.0 Å². The molecule has 2 aromatic rings. The standard InChI is InChI=1S/C22H26N4O5S/c27-19(15-31-20(28)7-4-9-23-21(29)17-8-14-32-16-17)25-10-12-26(13-11-25)22(30)24-18-5-2-1-3-6-18/h1-3,5-6,8,14,16H,4,7,9-13,15H2,(H,23,29)(H,24,30). The number of carbonyl (C=O) groups excluding carboxylic acids is 4. The fourth-order valence-corrected chi connectivity index (χ4v) is 3.75. The molecule has 1 aromatic carbocycles. The number of esters is 1. The number of benzene rings is 1. The number of anilines is 1. The van der Waals surface area contributed by atoms with Gasteiger partial charge in [0.05, 0.1) is 0 Å². The molecule has 1 aliphatic heterocycles. The average molecular weight is 459 g/mol. The molecule has 0 saturated carbocycles. The molecule has 0 aliphatic carbocycles. The fraction of sp³-hybridized carbons (Fsp3) is 0.364. The van der Waals surface area contributed by atoms with Crippen molar-refractivity contribution in [1.82, 2.24) is 15.1 Å². The predicted octanol–water partition coefficient (Wildman–Crippen LogP) is 2.18. The van der Waals surface area contributed by atoms with E-state index in [-0.39, 0.29) is 30.9 Å². The molecule has 170 valence electrons. The van der Waals surface area contributed by atoms with Crippen molar-refractivity contribution < 1.29 is 23.9 Å². The SMILES string of the molecule is O=C(CCCNC(=O)c1ccsc1)OCC(=O)N1CCN(C(=O)Nc2ccccc2)CC1. The highest BCUT2D eigenvalue weighted by molar-refractivity contribution is 7.08. The number of nitrogens with one attached hydrogen (secondary N) is 2. The van der Waals surface area contributed by atoms with Crippen LogP contribution >= 0.6 is 11.3 Å². The van der Waals surface area contributed by atoms with E-state index >= 15 is 0 Å². The molecule has 3 rings (SSSR count). The molecule has 32 heavy (non-hydrogen) atoms. The summed E-state index contributed by atoms with van der Waals surface area (Å²) >= 11 is 1.44. The molecule has 2 N–H and O–H groups in total. The van der Waals surface area contributed by atoms with Crippen LogP contribution in [-0.2, 0) is 14.3 Å². The van der Waals surface area contributed by atoms with Gasteiger partial charge in [-0.05, 0) is 30.0 Å². The Morgan fingerprint density at radius 3 is 2.38 bits per heavy atom. The van der Waals surface area contributed by atoms with Crippen LogP contribution in [0.5, 0.6) is 0 Å². The van der Waals surface area contributed by atoms with Crippen molar-refractivity contribution in [3.05, 3.63) is 52.7 Å². The van der Waals surface area contributed by atoms with Crippen LogP contribution in [-0.4, -0.2) is 72.9 Å². The van der Waals surface area contributed by atoms with E-state index in [0.29, 0.717) is 50.4 Å². The number of amides is 4. The van der Waals surface area contributed by atoms with E-state index in [1.54, 1.807) is 21.2 Å². The highest BCUT2D eigenvalue weighted by Gasteiger charge is 2.24. The van der Waals surface area contributed by atoms with Crippen LogP contribution in [0.1, 0.15) is 23.2 Å². The number of urea groups is 1. The summed E-state index contributed by atoms with van der Waals surface area (Å²) in [5.41, 5.74) is 1.31. The lowest BCUT2D eigenvalue weighted by Crippen LogP contribution is -2.52. The van der Waals surface area contributed by atoms with Gasteiger partial charge in [0.25, 0.3) is 11.8 Å². The number of nitrogens with zero attached hydrogens (tertiary/aromatic N) is 2. The van der Waals surface area contributed by atoms with E-state index in [1.807, 2.05) is 35.7 Å². The van der Waals surface area contributed by atoms with Crippen molar-refractivity contribution in [2.24, 2.45) is 0 Å². The van der Waals surface area contributed by atoms with Crippen LogP contribution in [0.25, 0.3) is 0 Å². The number of para-hydroxylation sites is 1. The smallest absolute Gasteiger partial charge is 0.321 e. The van der Waals surface area contributed by atoms with Gasteiger partial charge in [-0.15, -0.1) is 0 Å². The average Bonchev–Trinajstić information content (AvgIpc) is 3.36. The quantitative estimate of drug-likeness (QED) is 0.466. The van der Waals surface area contributed by atoms with E-state index in [2.05, 4.69) is 10.6 Å². The number of piperazine rings is 1. The molecule has 10 heteroatoms. The van der Waals surface area contributed by atoms with Gasteiger partial charge in [0, 0.05) is 55.8 Å². The summed E-state index contributed by atoms with van der Waals surface area (Å²) < 4.78 is 5.06. The Morgan fingerprint density at radius 1 is 0.969 bits per heavy atom. The zero-order valence-electron chi connectivity index (χ0n) is 17.6. The summed E-state index contributed by atoms with van der Waals surface area (Å²) in [6.45, 7) is 1.60. The second kappa shape index (κ2) is 11.8. The van der Waals surface area contributed by atoms with Gasteiger partial charge < -0.3 is 25.2 Å². The molecule has 2 heterocycles. The van der Waals surface area contributed by atoms with E-state index in [9.17, 15) is 19.2 Å². The predicted molar refractivity (Wildman–Crippen MR) is 120 cm³/mol. The number of hydrogen-bond acceptors (Lipinski definition) is 6. The van der Waals surface area contributed by atoms with Crippen LogP contribution in [0, 0.1) is 0 Å². The number of ether oxygens (including phenoxy) is 1. The van der Waals surface area contributed by atoms with E-state index < -0.39 is 5.97 Å². The molecule has 0 radical (unpaired) electrons. The highest BCUT2D eigenvalue weighted by Crippen LogP contribution is 2.09. The lowest BCUT2D eigenvalue weighted by atomic mass is 10.3. The van der Waals surface area contributed by atoms with Crippen molar-refractivity contribution in [3.63, 3.8) is 0 Å². The van der Waals surface area contributed by atoms with Crippen LogP contribution in [0.2, 0.25) is 0 Å². The molecule has 9 nitrogen and oxygen atoms in total. The number of rotatable bonds is 8. The Hall–Kier alpha value is -3.40. The summed E-state index contributed by atoms with van der Waals surface area (Å²) in [5.74, 6) is -0.942. The molecular weight excluding hydrogens is 432 g/mol. The Morgan fingerprint density at radius 2 is 1.69 bits per heavy atom. The molecule has 4 amide bonds. The summed E-state index contributed by atoms with van der Waals surface area (Å²) in [5, 5.41) is 9.13. The van der Waals surface area contributed by atoms with E-state index in [4.69, 9.17) is 4.74 Å². The third-order valence-electron chi connectivity index (χ3n) is 4.93. The molecule has 0 unspecified atom stereocenters. The largest absolute Gasteiger partial charge is 0.456 e. The zero-order valence-corrected chi connectivity index (χ0v) is 18.4. The Balaban J connectivity index is 1.28. The van der Waals surface area contributed by atoms with E-state index in [0.717, 1.165) is 0 Å². The van der Waals surface area contributed by atoms with Crippen molar-refractivity contribution in [1.29, 1.82) is 0 Å². The lowest BCUT2D eigenvalue weighted by Gasteiger charge is -2.34. The minimum Gasteiger partial charge on any atom is -0.456 e. The second-order valence-electron chi connectivity index (χ2n) is 7.20. The topological polar surface area (TPSA) is 108 Å². The molecular formula is C22H26N4O5S. The minimum absolute atomic E-state index is 0.116. The fourth-order valence-electron chi connectivity index (χ4n) is 3.12. The number of thiophene rings is 1. The first-order valence-corrected chi connectivity index (χ1v) is 11.3. The van der Waals surface area contributed by atoms with E-state index in [1.165, 1.54) is 11.3 Å². The second-order valence-corrected chi connectivity index (χ2v) is 7.98. The monoisotopic (exact) mass is 458 g/mol. The first-order valence-electron chi connectivity index (χ1n) is 10.4. The molecule has 1 aromatic heterocycles. The third kappa shape index (κ3) is 7.09. The number of hydrogen-bond donors (Lipinski definition) is 2. The van der Waals surface area contributed by atoms with Gasteiger partial charge in [-0.2, -0.15) is 11.3 Å². The molecule has 0 bridgehead atoms. The summed E-state index contributed by atoms with van der Waals surface area (Å²) in [7, 11) is 0. The Bertz CT molecular complexity index is 912. The molecule has 0 spiro atoms. The van der Waals surface area contributed by atoms with Crippen molar-refractivity contribution in [3.8, 4) is 0 Å². The summed E-state index contributed by atoms with van der Waals surface area (Å²) in [4.78, 5) is 51.5. The maximum atomic E-state index is 12.3. The summed E-state index contributed by atoms with van der Waals surface area (Å²) in [6.07, 6.45) is 0.544. The van der Waals surface area contributed by atoms with Crippen molar-refractivity contribution >= 4 is 40.8 Å². The first-order chi connectivity index (χ1) is 15.5. The van der Waals surface area contributed by atoms with Gasteiger partial charge in [-0.25, -0.2) is 4.79 Å². The lowest BCUT2D eigenvalue weighted by molar-refractivity contribution is -0.152. The highest BCUT2D eigenvalue weighted by atomic mass is 32.1. The normalized spacial score (nSPS) is 13.4. The number of carbonyl (C=O) groups is 4. The van der Waals surface area contributed by atoms with Gasteiger partial charge in [-0.1, -0.05) is 18.2 Å². The van der Waals surface area contributed by atoms with Gasteiger partial charge in [0.1, 0.15) is 0 Å². The van der Waals surface area contributed by atoms with Crippen LogP contribution in [0.15, 0.2) is 47.2 Å². The van der Waals surface area contributed by atoms with Gasteiger partial charge in [0.2, 0.25) is 0 Å². The van der Waals surface area contributed by atoms with Crippen LogP contribution in [0.3, 0.4) is 0 Å². The zero-order chi connectivity index (χ0) is 22.8. The van der Waals surface area contributed by atoms with Crippen molar-refractivity contribution in [2.75, 3.05) is 44.6 Å². The summed E-state index contributed by atoms with van der Waals surface area (Å²) in [6, 6.07) is 10.7. The van der Waals surface area contributed by atoms with Crippen LogP contribution in [0.4, 0.5) is 10.5 Å².